The lowest BCUT2D eigenvalue weighted by Crippen LogP contribution is -2.60. The van der Waals surface area contributed by atoms with E-state index in [0.29, 0.717) is 19.4 Å². The second-order valence-electron chi connectivity index (χ2n) is 8.20. The predicted molar refractivity (Wildman–Crippen MR) is 130 cm³/mol. The maximum Gasteiger partial charge on any atom is 0.326 e. The van der Waals surface area contributed by atoms with Crippen LogP contribution in [-0.4, -0.2) is 89.1 Å². The fourth-order valence-corrected chi connectivity index (χ4v) is 3.03. The fraction of sp³-hybridized carbons (Fsp3) is 0.700. The van der Waals surface area contributed by atoms with Crippen molar-refractivity contribution in [3.63, 3.8) is 0 Å². The van der Waals surface area contributed by atoms with Gasteiger partial charge >= 0.3 is 5.97 Å². The van der Waals surface area contributed by atoms with Gasteiger partial charge in [-0.3, -0.25) is 24.2 Å². The molecule has 206 valence electrons. The molecule has 5 unspecified atom stereocenters. The molecule has 0 spiro atoms. The number of carbonyl (C=O) groups excluding carboxylic acids is 4. The minimum Gasteiger partial charge on any atom is -0.480 e. The number of carboxylic acid groups (broad SMARTS) is 1. The first-order valence-electron chi connectivity index (χ1n) is 11.4. The number of aliphatic imine (C=N–C) groups is 1. The van der Waals surface area contributed by atoms with E-state index in [0.717, 1.165) is 0 Å². The van der Waals surface area contributed by atoms with E-state index in [9.17, 15) is 34.2 Å². The van der Waals surface area contributed by atoms with E-state index in [2.05, 4.69) is 20.9 Å². The lowest BCUT2D eigenvalue weighted by molar-refractivity contribution is -0.142. The molecule has 0 aliphatic carbocycles. The molecule has 0 saturated carbocycles. The Labute approximate surface area is 208 Å². The van der Waals surface area contributed by atoms with Gasteiger partial charge in [0.05, 0.1) is 18.6 Å². The summed E-state index contributed by atoms with van der Waals surface area (Å²) in [7, 11) is 0. The molecule has 4 amide bonds. The summed E-state index contributed by atoms with van der Waals surface area (Å²) < 4.78 is 0. The van der Waals surface area contributed by atoms with Crippen LogP contribution in [0.2, 0.25) is 0 Å². The third-order valence-electron chi connectivity index (χ3n) is 4.96. The van der Waals surface area contributed by atoms with Crippen molar-refractivity contribution in [3.8, 4) is 0 Å². The van der Waals surface area contributed by atoms with Crippen LogP contribution in [0.25, 0.3) is 0 Å². The number of nitrogens with two attached hydrogens (primary N) is 5. The minimum absolute atomic E-state index is 0.0193. The van der Waals surface area contributed by atoms with Gasteiger partial charge in [-0.15, -0.1) is 0 Å². The van der Waals surface area contributed by atoms with Gasteiger partial charge in [-0.1, -0.05) is 0 Å². The number of aliphatic carboxylic acids is 1. The summed E-state index contributed by atoms with van der Waals surface area (Å²) >= 11 is 0. The summed E-state index contributed by atoms with van der Waals surface area (Å²) in [6.45, 7) is 1.71. The van der Waals surface area contributed by atoms with Crippen LogP contribution in [0.3, 0.4) is 0 Å². The van der Waals surface area contributed by atoms with E-state index in [1.807, 2.05) is 0 Å². The minimum atomic E-state index is -1.52. The van der Waals surface area contributed by atoms with Crippen LogP contribution in [0, 0.1) is 0 Å². The Balaban J connectivity index is 5.43. The SMILES string of the molecule is CC(O)C(NC(=O)C(N)CC(N)=O)C(=O)NC(CCCCN)C(=O)NC(CCCN=C(N)N)C(=O)O. The summed E-state index contributed by atoms with van der Waals surface area (Å²) in [6.07, 6.45) is -0.539. The molecule has 0 aromatic carbocycles. The van der Waals surface area contributed by atoms with Gasteiger partial charge in [-0.05, 0) is 45.6 Å². The number of guanidine groups is 1. The zero-order chi connectivity index (χ0) is 27.8. The third kappa shape index (κ3) is 13.4. The highest BCUT2D eigenvalue weighted by Gasteiger charge is 2.32. The Kier molecular flexibility index (Phi) is 15.4. The van der Waals surface area contributed by atoms with Crippen molar-refractivity contribution in [2.24, 2.45) is 33.7 Å². The van der Waals surface area contributed by atoms with Gasteiger partial charge in [0.15, 0.2) is 5.96 Å². The van der Waals surface area contributed by atoms with E-state index in [-0.39, 0.29) is 31.8 Å². The van der Waals surface area contributed by atoms with Crippen molar-refractivity contribution >= 4 is 35.6 Å². The molecule has 5 atom stereocenters. The number of hydrogen-bond acceptors (Lipinski definition) is 9. The van der Waals surface area contributed by atoms with Gasteiger partial charge in [0.2, 0.25) is 23.6 Å². The Morgan fingerprint density at radius 3 is 1.94 bits per heavy atom. The number of carbonyl (C=O) groups is 5. The summed E-state index contributed by atoms with van der Waals surface area (Å²) in [5, 5.41) is 26.5. The highest BCUT2D eigenvalue weighted by atomic mass is 16.4. The lowest BCUT2D eigenvalue weighted by atomic mass is 10.0. The monoisotopic (exact) mass is 517 g/mol. The molecule has 0 aliphatic heterocycles. The van der Waals surface area contributed by atoms with E-state index in [4.69, 9.17) is 28.7 Å². The molecule has 0 aromatic rings. The molecule has 0 rings (SSSR count). The quantitative estimate of drug-likeness (QED) is 0.0467. The smallest absolute Gasteiger partial charge is 0.326 e. The molecular formula is C20H39N9O7. The average Bonchev–Trinajstić information content (AvgIpc) is 2.77. The number of hydrogen-bond donors (Lipinski definition) is 10. The number of rotatable bonds is 18. The zero-order valence-electron chi connectivity index (χ0n) is 20.3. The molecule has 0 radical (unpaired) electrons. The highest BCUT2D eigenvalue weighted by molar-refractivity contribution is 5.95. The first-order valence-corrected chi connectivity index (χ1v) is 11.4. The number of aliphatic hydroxyl groups excluding tert-OH is 1. The molecule has 16 heteroatoms. The molecule has 36 heavy (non-hydrogen) atoms. The average molecular weight is 518 g/mol. The molecule has 0 fully saturated rings. The van der Waals surface area contributed by atoms with E-state index in [1.165, 1.54) is 6.92 Å². The van der Waals surface area contributed by atoms with E-state index >= 15 is 0 Å². The van der Waals surface area contributed by atoms with Crippen molar-refractivity contribution in [1.29, 1.82) is 0 Å². The number of amides is 4. The zero-order valence-corrected chi connectivity index (χ0v) is 20.3. The van der Waals surface area contributed by atoms with Gasteiger partial charge in [0.1, 0.15) is 18.1 Å². The second-order valence-corrected chi connectivity index (χ2v) is 8.20. The number of carboxylic acids is 1. The van der Waals surface area contributed by atoms with Gasteiger partial charge in [0, 0.05) is 6.54 Å². The van der Waals surface area contributed by atoms with Gasteiger partial charge in [-0.25, -0.2) is 4.79 Å². The summed E-state index contributed by atoms with van der Waals surface area (Å²) in [5.74, 6) is -4.89. The first kappa shape index (κ1) is 32.5. The Morgan fingerprint density at radius 2 is 1.44 bits per heavy atom. The molecule has 16 nitrogen and oxygen atoms in total. The second kappa shape index (κ2) is 17.0. The number of nitrogens with one attached hydrogen (secondary N) is 3. The van der Waals surface area contributed by atoms with Crippen molar-refractivity contribution in [2.75, 3.05) is 13.1 Å². The van der Waals surface area contributed by atoms with Crippen LogP contribution < -0.4 is 44.6 Å². The molecule has 0 heterocycles. The van der Waals surface area contributed by atoms with Crippen LogP contribution >= 0.6 is 0 Å². The first-order chi connectivity index (χ1) is 16.8. The fourth-order valence-electron chi connectivity index (χ4n) is 3.03. The summed E-state index contributed by atoms with van der Waals surface area (Å²) in [6, 6.07) is -5.34. The van der Waals surface area contributed by atoms with Crippen LogP contribution in [-0.2, 0) is 24.0 Å². The Bertz CT molecular complexity index is 787. The third-order valence-corrected chi connectivity index (χ3v) is 4.96. The Hall–Kier alpha value is -3.50. The van der Waals surface area contributed by atoms with E-state index < -0.39 is 66.3 Å². The molecule has 0 aromatic heterocycles. The van der Waals surface area contributed by atoms with Gasteiger partial charge < -0.3 is 54.8 Å². The number of nitrogens with zero attached hydrogens (tertiary/aromatic N) is 1. The van der Waals surface area contributed by atoms with Crippen molar-refractivity contribution in [3.05, 3.63) is 0 Å². The van der Waals surface area contributed by atoms with Crippen LogP contribution in [0.15, 0.2) is 4.99 Å². The van der Waals surface area contributed by atoms with Crippen LogP contribution in [0.4, 0.5) is 0 Å². The Morgan fingerprint density at radius 1 is 0.861 bits per heavy atom. The largest absolute Gasteiger partial charge is 0.480 e. The van der Waals surface area contributed by atoms with Gasteiger partial charge in [0.25, 0.3) is 0 Å². The molecular weight excluding hydrogens is 478 g/mol. The van der Waals surface area contributed by atoms with Crippen LogP contribution in [0.1, 0.15) is 45.4 Å². The summed E-state index contributed by atoms with van der Waals surface area (Å²) in [5.41, 5.74) is 26.5. The van der Waals surface area contributed by atoms with E-state index in [1.54, 1.807) is 0 Å². The predicted octanol–water partition coefficient (Wildman–Crippen LogP) is -4.71. The van der Waals surface area contributed by atoms with Crippen LogP contribution in [0.5, 0.6) is 0 Å². The number of aliphatic hydroxyl groups is 1. The molecule has 15 N–H and O–H groups in total. The normalized spacial score (nSPS) is 14.9. The lowest BCUT2D eigenvalue weighted by Gasteiger charge is -2.26. The maximum atomic E-state index is 12.9. The van der Waals surface area contributed by atoms with Crippen molar-refractivity contribution in [2.45, 2.75) is 75.7 Å². The number of unbranched alkanes of at least 4 members (excludes halogenated alkanes) is 1. The van der Waals surface area contributed by atoms with Crippen molar-refractivity contribution in [1.82, 2.24) is 16.0 Å². The maximum absolute atomic E-state index is 12.9. The van der Waals surface area contributed by atoms with Crippen molar-refractivity contribution < 1.29 is 34.2 Å². The molecule has 0 aliphatic rings. The number of primary amides is 1. The topological polar surface area (TPSA) is 304 Å². The molecule has 0 saturated heterocycles. The van der Waals surface area contributed by atoms with Gasteiger partial charge in [-0.2, -0.15) is 0 Å². The standard InChI is InChI=1S/C20H39N9O7/c1-10(30)15(29-16(32)11(22)9-14(23)31)18(34)27-12(5-2-3-7-21)17(33)28-13(19(35)36)6-4-8-26-20(24)25/h10-13,15,30H,2-9,21-22H2,1H3,(H2,23,31)(H,27,34)(H,28,33)(H,29,32)(H,35,36)(H4,24,25,26). The molecule has 0 bridgehead atoms. The highest BCUT2D eigenvalue weighted by Crippen LogP contribution is 2.06. The summed E-state index contributed by atoms with van der Waals surface area (Å²) in [4.78, 5) is 64.2.